The second-order valence-corrected chi connectivity index (χ2v) is 4.75. The van der Waals surface area contributed by atoms with Crippen molar-refractivity contribution in [3.05, 3.63) is 35.4 Å². The van der Waals surface area contributed by atoms with Gasteiger partial charge in [-0.05, 0) is 25.5 Å². The average Bonchev–Trinajstić information content (AvgIpc) is 2.38. The predicted octanol–water partition coefficient (Wildman–Crippen LogP) is 2.36. The molecule has 1 N–H and O–H groups in total. The SMILES string of the molecule is CCNC(=O)c1cc(N(C)C)nc2c(C)cccc12. The number of carbonyl (C=O) groups is 1. The Morgan fingerprint density at radius 3 is 2.74 bits per heavy atom. The van der Waals surface area contributed by atoms with E-state index < -0.39 is 0 Å². The van der Waals surface area contributed by atoms with Gasteiger partial charge in [0.1, 0.15) is 5.82 Å². The fourth-order valence-electron chi connectivity index (χ4n) is 2.05. The van der Waals surface area contributed by atoms with Crippen molar-refractivity contribution in [1.82, 2.24) is 10.3 Å². The monoisotopic (exact) mass is 257 g/mol. The van der Waals surface area contributed by atoms with Crippen LogP contribution < -0.4 is 10.2 Å². The zero-order chi connectivity index (χ0) is 14.0. The number of hydrogen-bond donors (Lipinski definition) is 1. The Bertz CT molecular complexity index is 620. The van der Waals surface area contributed by atoms with Gasteiger partial charge in [-0.3, -0.25) is 4.79 Å². The molecular formula is C15H19N3O. The highest BCUT2D eigenvalue weighted by Gasteiger charge is 2.14. The van der Waals surface area contributed by atoms with E-state index in [0.717, 1.165) is 22.3 Å². The number of hydrogen-bond acceptors (Lipinski definition) is 3. The van der Waals surface area contributed by atoms with Crippen LogP contribution in [0.3, 0.4) is 0 Å². The molecule has 0 bridgehead atoms. The topological polar surface area (TPSA) is 45.2 Å². The van der Waals surface area contributed by atoms with Crippen LogP contribution in [0.5, 0.6) is 0 Å². The summed E-state index contributed by atoms with van der Waals surface area (Å²) in [5.41, 5.74) is 2.64. The summed E-state index contributed by atoms with van der Waals surface area (Å²) in [6.45, 7) is 4.54. The van der Waals surface area contributed by atoms with E-state index in [1.54, 1.807) is 0 Å². The summed E-state index contributed by atoms with van der Waals surface area (Å²) in [4.78, 5) is 18.7. The lowest BCUT2D eigenvalue weighted by molar-refractivity contribution is 0.0957. The van der Waals surface area contributed by atoms with Gasteiger partial charge in [0.15, 0.2) is 0 Å². The van der Waals surface area contributed by atoms with Crippen molar-refractivity contribution in [1.29, 1.82) is 0 Å². The van der Waals surface area contributed by atoms with Crippen molar-refractivity contribution < 1.29 is 4.79 Å². The Balaban J connectivity index is 2.72. The maximum atomic E-state index is 12.2. The number of para-hydroxylation sites is 1. The summed E-state index contributed by atoms with van der Waals surface area (Å²) in [5.74, 6) is 0.742. The molecular weight excluding hydrogens is 238 g/mol. The molecule has 4 heteroatoms. The first-order valence-corrected chi connectivity index (χ1v) is 6.40. The van der Waals surface area contributed by atoms with Crippen molar-refractivity contribution in [3.8, 4) is 0 Å². The number of nitrogens with zero attached hydrogens (tertiary/aromatic N) is 2. The number of carbonyl (C=O) groups excluding carboxylic acids is 1. The summed E-state index contributed by atoms with van der Waals surface area (Å²) in [7, 11) is 3.85. The number of rotatable bonds is 3. The van der Waals surface area contributed by atoms with Gasteiger partial charge in [0.05, 0.1) is 11.1 Å². The van der Waals surface area contributed by atoms with Gasteiger partial charge in [-0.2, -0.15) is 0 Å². The normalized spacial score (nSPS) is 10.5. The Labute approximate surface area is 113 Å². The van der Waals surface area contributed by atoms with E-state index in [9.17, 15) is 4.79 Å². The van der Waals surface area contributed by atoms with Crippen LogP contribution >= 0.6 is 0 Å². The number of nitrogens with one attached hydrogen (secondary N) is 1. The van der Waals surface area contributed by atoms with Crippen LogP contribution in [0.4, 0.5) is 5.82 Å². The molecule has 0 radical (unpaired) electrons. The fraction of sp³-hybridized carbons (Fsp3) is 0.333. The van der Waals surface area contributed by atoms with Crippen molar-refractivity contribution in [2.45, 2.75) is 13.8 Å². The van der Waals surface area contributed by atoms with Gasteiger partial charge < -0.3 is 10.2 Å². The van der Waals surface area contributed by atoms with Crippen LogP contribution in [0.1, 0.15) is 22.8 Å². The highest BCUT2D eigenvalue weighted by molar-refractivity contribution is 6.07. The number of amides is 1. The minimum Gasteiger partial charge on any atom is -0.363 e. The van der Waals surface area contributed by atoms with Gasteiger partial charge in [0, 0.05) is 26.0 Å². The van der Waals surface area contributed by atoms with Crippen molar-refractivity contribution in [2.75, 3.05) is 25.5 Å². The smallest absolute Gasteiger partial charge is 0.252 e. The first kappa shape index (κ1) is 13.3. The number of fused-ring (bicyclic) bond motifs is 1. The third kappa shape index (κ3) is 2.52. The highest BCUT2D eigenvalue weighted by atomic mass is 16.1. The number of aromatic nitrogens is 1. The molecule has 1 aromatic carbocycles. The molecule has 0 atom stereocenters. The summed E-state index contributed by atoms with van der Waals surface area (Å²) in [5, 5.41) is 3.75. The fourth-order valence-corrected chi connectivity index (χ4v) is 2.05. The highest BCUT2D eigenvalue weighted by Crippen LogP contribution is 2.24. The molecule has 0 aliphatic rings. The number of aryl methyl sites for hydroxylation is 1. The van der Waals surface area contributed by atoms with Gasteiger partial charge in [-0.25, -0.2) is 4.98 Å². The molecule has 0 aliphatic heterocycles. The molecule has 4 nitrogen and oxygen atoms in total. The van der Waals surface area contributed by atoms with Crippen LogP contribution in [0.25, 0.3) is 10.9 Å². The van der Waals surface area contributed by atoms with E-state index in [0.29, 0.717) is 12.1 Å². The van der Waals surface area contributed by atoms with Gasteiger partial charge in [-0.1, -0.05) is 18.2 Å². The van der Waals surface area contributed by atoms with E-state index in [-0.39, 0.29) is 5.91 Å². The van der Waals surface area contributed by atoms with Crippen molar-refractivity contribution in [2.24, 2.45) is 0 Å². The standard InChI is InChI=1S/C15H19N3O/c1-5-16-15(19)12-9-13(18(3)4)17-14-10(2)7-6-8-11(12)14/h6-9H,5H2,1-4H3,(H,16,19). The summed E-state index contributed by atoms with van der Waals surface area (Å²) < 4.78 is 0. The lowest BCUT2D eigenvalue weighted by atomic mass is 10.0. The first-order valence-electron chi connectivity index (χ1n) is 6.40. The minimum absolute atomic E-state index is 0.0522. The van der Waals surface area contributed by atoms with Crippen LogP contribution in [0.2, 0.25) is 0 Å². The van der Waals surface area contributed by atoms with Crippen molar-refractivity contribution in [3.63, 3.8) is 0 Å². The molecule has 19 heavy (non-hydrogen) atoms. The molecule has 0 saturated carbocycles. The molecule has 0 fully saturated rings. The Kier molecular flexibility index (Phi) is 3.69. The largest absolute Gasteiger partial charge is 0.363 e. The van der Waals surface area contributed by atoms with Crippen molar-refractivity contribution >= 4 is 22.6 Å². The summed E-state index contributed by atoms with van der Waals surface area (Å²) >= 11 is 0. The maximum absolute atomic E-state index is 12.2. The molecule has 0 saturated heterocycles. The second kappa shape index (κ2) is 5.26. The van der Waals surface area contributed by atoms with E-state index in [4.69, 9.17) is 0 Å². The Hall–Kier alpha value is -2.10. The molecule has 1 heterocycles. The third-order valence-corrected chi connectivity index (χ3v) is 3.07. The summed E-state index contributed by atoms with van der Waals surface area (Å²) in [6.07, 6.45) is 0. The van der Waals surface area contributed by atoms with E-state index in [1.807, 2.05) is 57.1 Å². The molecule has 2 aromatic rings. The molecule has 1 aromatic heterocycles. The molecule has 2 rings (SSSR count). The Morgan fingerprint density at radius 1 is 1.37 bits per heavy atom. The number of anilines is 1. The number of pyridine rings is 1. The first-order chi connectivity index (χ1) is 9.04. The third-order valence-electron chi connectivity index (χ3n) is 3.07. The molecule has 1 amide bonds. The molecule has 0 unspecified atom stereocenters. The van der Waals surface area contributed by atoms with Crippen LogP contribution in [-0.2, 0) is 0 Å². The van der Waals surface area contributed by atoms with Gasteiger partial charge in [0.2, 0.25) is 0 Å². The quantitative estimate of drug-likeness (QED) is 0.918. The van der Waals surface area contributed by atoms with Crippen LogP contribution in [-0.4, -0.2) is 31.5 Å². The van der Waals surface area contributed by atoms with Crippen LogP contribution in [0, 0.1) is 6.92 Å². The van der Waals surface area contributed by atoms with Crippen LogP contribution in [0.15, 0.2) is 24.3 Å². The predicted molar refractivity (Wildman–Crippen MR) is 78.8 cm³/mol. The van der Waals surface area contributed by atoms with Gasteiger partial charge in [0.25, 0.3) is 5.91 Å². The zero-order valence-corrected chi connectivity index (χ0v) is 11.8. The van der Waals surface area contributed by atoms with E-state index >= 15 is 0 Å². The average molecular weight is 257 g/mol. The lowest BCUT2D eigenvalue weighted by Gasteiger charge is -2.15. The second-order valence-electron chi connectivity index (χ2n) is 4.75. The molecule has 0 aliphatic carbocycles. The Morgan fingerprint density at radius 2 is 2.11 bits per heavy atom. The minimum atomic E-state index is -0.0522. The van der Waals surface area contributed by atoms with Gasteiger partial charge >= 0.3 is 0 Å². The molecule has 0 spiro atoms. The molecule has 100 valence electrons. The van der Waals surface area contributed by atoms with E-state index in [2.05, 4.69) is 10.3 Å². The lowest BCUT2D eigenvalue weighted by Crippen LogP contribution is -2.23. The number of benzene rings is 1. The zero-order valence-electron chi connectivity index (χ0n) is 11.8. The van der Waals surface area contributed by atoms with E-state index in [1.165, 1.54) is 0 Å². The summed E-state index contributed by atoms with van der Waals surface area (Å²) in [6, 6.07) is 7.75. The van der Waals surface area contributed by atoms with Gasteiger partial charge in [-0.15, -0.1) is 0 Å². The maximum Gasteiger partial charge on any atom is 0.252 e.